The highest BCUT2D eigenvalue weighted by Gasteiger charge is 2.61. The highest BCUT2D eigenvalue weighted by atomic mass is 17.2. The number of fused-ring (bicyclic) bond motifs is 2. The summed E-state index contributed by atoms with van der Waals surface area (Å²) >= 11 is 0. The number of anilines is 1. The van der Waals surface area contributed by atoms with Gasteiger partial charge in [0.15, 0.2) is 0 Å². The van der Waals surface area contributed by atoms with Crippen LogP contribution in [0.2, 0.25) is 0 Å². The van der Waals surface area contributed by atoms with Crippen molar-refractivity contribution in [2.75, 3.05) is 4.90 Å². The van der Waals surface area contributed by atoms with Gasteiger partial charge in [-0.3, -0.25) is 9.59 Å². The number of benzene rings is 1. The molecule has 3 aliphatic carbocycles. The molecular weight excluding hydrogens is 366 g/mol. The second-order valence-electron chi connectivity index (χ2n) is 10.2. The number of imide groups is 1. The van der Waals surface area contributed by atoms with Gasteiger partial charge in [-0.2, -0.15) is 0 Å². The molecule has 1 aromatic rings. The Bertz CT molecular complexity index is 898. The smallest absolute Gasteiger partial charge is 0.261 e. The predicted octanol–water partition coefficient (Wildman–Crippen LogP) is 4.90. The van der Waals surface area contributed by atoms with E-state index in [1.807, 2.05) is 32.0 Å². The summed E-state index contributed by atoms with van der Waals surface area (Å²) in [5.41, 5.74) is 1.12. The first-order valence-corrected chi connectivity index (χ1v) is 10.5. The Balaban J connectivity index is 1.51. The third kappa shape index (κ3) is 3.15. The molecular formula is C24H31NO4. The van der Waals surface area contributed by atoms with E-state index in [2.05, 4.69) is 20.8 Å². The van der Waals surface area contributed by atoms with Crippen LogP contribution in [-0.2, 0) is 25.0 Å². The lowest BCUT2D eigenvalue weighted by atomic mass is 9.44. The quantitative estimate of drug-likeness (QED) is 0.403. The fourth-order valence-corrected chi connectivity index (χ4v) is 5.38. The summed E-state index contributed by atoms with van der Waals surface area (Å²) in [4.78, 5) is 37.9. The summed E-state index contributed by atoms with van der Waals surface area (Å²) in [6.07, 6.45) is 4.75. The van der Waals surface area contributed by atoms with Crippen molar-refractivity contribution in [3.63, 3.8) is 0 Å². The van der Waals surface area contributed by atoms with E-state index in [4.69, 9.17) is 9.78 Å². The predicted molar refractivity (Wildman–Crippen MR) is 111 cm³/mol. The van der Waals surface area contributed by atoms with E-state index in [-0.39, 0.29) is 17.4 Å². The van der Waals surface area contributed by atoms with Crippen LogP contribution in [0.4, 0.5) is 5.69 Å². The monoisotopic (exact) mass is 397 g/mol. The Labute approximate surface area is 173 Å². The van der Waals surface area contributed by atoms with Gasteiger partial charge in [0.1, 0.15) is 11.2 Å². The molecule has 1 heterocycles. The number of hydrogen-bond donors (Lipinski definition) is 0. The van der Waals surface area contributed by atoms with Crippen LogP contribution in [0.1, 0.15) is 66.4 Å². The molecule has 2 bridgehead atoms. The Hall–Kier alpha value is -1.98. The fourth-order valence-electron chi connectivity index (χ4n) is 5.38. The first-order valence-electron chi connectivity index (χ1n) is 10.5. The molecule has 5 heteroatoms. The average Bonchev–Trinajstić information content (AvgIpc) is 2.92. The summed E-state index contributed by atoms with van der Waals surface area (Å²) in [5.74, 6) is 0.695. The van der Waals surface area contributed by atoms with Crippen LogP contribution < -0.4 is 4.90 Å². The maximum atomic E-state index is 12.3. The SMILES string of the molecule is CC1=CC(=O)N(c2cccc(C(C)(C)OOC3(C)CCC4CC3C4(C)C)c2)C1=O. The molecule has 5 nitrogen and oxygen atoms in total. The van der Waals surface area contributed by atoms with Gasteiger partial charge in [-0.1, -0.05) is 26.0 Å². The van der Waals surface area contributed by atoms with Gasteiger partial charge < -0.3 is 0 Å². The van der Waals surface area contributed by atoms with Crippen LogP contribution >= 0.6 is 0 Å². The molecule has 29 heavy (non-hydrogen) atoms. The first-order chi connectivity index (χ1) is 13.5. The minimum atomic E-state index is -0.724. The minimum Gasteiger partial charge on any atom is -0.269 e. The third-order valence-corrected chi connectivity index (χ3v) is 7.54. The van der Waals surface area contributed by atoms with Crippen LogP contribution in [0.15, 0.2) is 35.9 Å². The summed E-state index contributed by atoms with van der Waals surface area (Å²) in [5, 5.41) is 0. The van der Waals surface area contributed by atoms with Crippen molar-refractivity contribution in [1.82, 2.24) is 0 Å². The van der Waals surface area contributed by atoms with Crippen LogP contribution in [0.5, 0.6) is 0 Å². The lowest BCUT2D eigenvalue weighted by Gasteiger charge is -2.63. The van der Waals surface area contributed by atoms with Gasteiger partial charge in [0.05, 0.1) is 5.69 Å². The van der Waals surface area contributed by atoms with Gasteiger partial charge in [-0.25, -0.2) is 14.7 Å². The summed E-state index contributed by atoms with van der Waals surface area (Å²) in [7, 11) is 0. The van der Waals surface area contributed by atoms with E-state index in [0.29, 0.717) is 22.6 Å². The molecule has 0 aromatic heterocycles. The number of amides is 2. The number of rotatable bonds is 5. The molecule has 1 aliphatic heterocycles. The van der Waals surface area contributed by atoms with Crippen LogP contribution in [0, 0.1) is 17.3 Å². The zero-order valence-electron chi connectivity index (χ0n) is 18.2. The molecule has 0 spiro atoms. The van der Waals surface area contributed by atoms with E-state index in [1.165, 1.54) is 23.8 Å². The van der Waals surface area contributed by atoms with E-state index in [1.54, 1.807) is 13.0 Å². The van der Waals surface area contributed by atoms with Gasteiger partial charge in [0.25, 0.3) is 11.8 Å². The van der Waals surface area contributed by atoms with Crippen molar-refractivity contribution < 1.29 is 19.4 Å². The summed E-state index contributed by atoms with van der Waals surface area (Å²) in [6.45, 7) is 12.4. The van der Waals surface area contributed by atoms with Crippen LogP contribution in [0.3, 0.4) is 0 Å². The van der Waals surface area contributed by atoms with Crippen molar-refractivity contribution in [2.45, 2.75) is 72.0 Å². The number of carbonyl (C=O) groups excluding carboxylic acids is 2. The molecule has 156 valence electrons. The third-order valence-electron chi connectivity index (χ3n) is 7.54. The van der Waals surface area contributed by atoms with Crippen molar-refractivity contribution in [3.05, 3.63) is 41.5 Å². The van der Waals surface area contributed by atoms with Gasteiger partial charge in [-0.15, -0.1) is 0 Å². The molecule has 0 saturated heterocycles. The lowest BCUT2D eigenvalue weighted by Crippen LogP contribution is -2.61. The summed E-state index contributed by atoms with van der Waals surface area (Å²) < 4.78 is 0. The van der Waals surface area contributed by atoms with Gasteiger partial charge in [0, 0.05) is 11.6 Å². The maximum Gasteiger partial charge on any atom is 0.261 e. The molecule has 3 atom stereocenters. The molecule has 3 fully saturated rings. The Morgan fingerprint density at radius 3 is 2.48 bits per heavy atom. The molecule has 4 aliphatic rings. The molecule has 1 aromatic carbocycles. The highest BCUT2D eigenvalue weighted by Crippen LogP contribution is 2.63. The molecule has 0 radical (unpaired) electrons. The average molecular weight is 398 g/mol. The van der Waals surface area contributed by atoms with Crippen LogP contribution in [0.25, 0.3) is 0 Å². The van der Waals surface area contributed by atoms with Crippen molar-refractivity contribution in [1.29, 1.82) is 0 Å². The Morgan fingerprint density at radius 2 is 1.90 bits per heavy atom. The molecule has 2 amide bonds. The second kappa shape index (κ2) is 6.51. The van der Waals surface area contributed by atoms with E-state index < -0.39 is 5.60 Å². The van der Waals surface area contributed by atoms with E-state index in [9.17, 15) is 9.59 Å². The molecule has 0 N–H and O–H groups in total. The van der Waals surface area contributed by atoms with Gasteiger partial charge in [0.2, 0.25) is 0 Å². The second-order valence-corrected chi connectivity index (χ2v) is 10.2. The minimum absolute atomic E-state index is 0.279. The summed E-state index contributed by atoms with van der Waals surface area (Å²) in [6, 6.07) is 7.37. The standard InChI is InChI=1S/C24H31NO4/c1-15-12-20(26)25(21(15)27)18-9-7-8-17(13-18)23(4,5)28-29-24(6)11-10-16-14-19(24)22(16,2)3/h7-9,12-13,16,19H,10-11,14H2,1-6H3. The largest absolute Gasteiger partial charge is 0.269 e. The molecule has 3 saturated carbocycles. The first kappa shape index (κ1) is 20.3. The van der Waals surface area contributed by atoms with Crippen molar-refractivity contribution in [2.24, 2.45) is 17.3 Å². The number of hydrogen-bond acceptors (Lipinski definition) is 4. The normalized spacial score (nSPS) is 31.0. The lowest BCUT2D eigenvalue weighted by molar-refractivity contribution is -0.439. The van der Waals surface area contributed by atoms with Gasteiger partial charge >= 0.3 is 0 Å². The highest BCUT2D eigenvalue weighted by molar-refractivity contribution is 6.30. The molecule has 3 unspecified atom stereocenters. The fraction of sp³-hybridized carbons (Fsp3) is 0.583. The van der Waals surface area contributed by atoms with E-state index in [0.717, 1.165) is 17.9 Å². The molecule has 5 rings (SSSR count). The number of nitrogens with zero attached hydrogens (tertiary/aromatic N) is 1. The van der Waals surface area contributed by atoms with Crippen LogP contribution in [-0.4, -0.2) is 17.4 Å². The zero-order valence-corrected chi connectivity index (χ0v) is 18.2. The van der Waals surface area contributed by atoms with Crippen molar-refractivity contribution >= 4 is 17.5 Å². The Morgan fingerprint density at radius 1 is 1.17 bits per heavy atom. The van der Waals surface area contributed by atoms with Gasteiger partial charge in [-0.05, 0) is 81.9 Å². The van der Waals surface area contributed by atoms with Crippen molar-refractivity contribution in [3.8, 4) is 0 Å². The Kier molecular flexibility index (Phi) is 4.56. The van der Waals surface area contributed by atoms with E-state index >= 15 is 0 Å². The topological polar surface area (TPSA) is 55.8 Å². The number of carbonyl (C=O) groups is 2. The zero-order chi connectivity index (χ0) is 21.2. The maximum absolute atomic E-state index is 12.3.